The first-order valence-electron chi connectivity index (χ1n) is 7.94. The van der Waals surface area contributed by atoms with Gasteiger partial charge < -0.3 is 5.32 Å². The molecule has 0 atom stereocenters. The number of aryl methyl sites for hydroxylation is 1. The molecule has 0 bridgehead atoms. The molecule has 1 aliphatic heterocycles. The molecule has 0 radical (unpaired) electrons. The van der Waals surface area contributed by atoms with Crippen LogP contribution in [-0.2, 0) is 12.3 Å². The van der Waals surface area contributed by atoms with E-state index in [1.165, 1.54) is 5.56 Å². The monoisotopic (exact) mass is 356 g/mol. The third-order valence-electron chi connectivity index (χ3n) is 3.74. The summed E-state index contributed by atoms with van der Waals surface area (Å²) in [6.45, 7) is 3.51. The van der Waals surface area contributed by atoms with Crippen LogP contribution in [0.5, 0.6) is 0 Å². The van der Waals surface area contributed by atoms with Gasteiger partial charge in [0, 0.05) is 23.6 Å². The van der Waals surface area contributed by atoms with Gasteiger partial charge in [-0.3, -0.25) is 9.79 Å². The summed E-state index contributed by atoms with van der Waals surface area (Å²) >= 11 is 3.51. The van der Waals surface area contributed by atoms with Gasteiger partial charge in [-0.2, -0.15) is 0 Å². The highest BCUT2D eigenvalue weighted by Crippen LogP contribution is 2.26. The van der Waals surface area contributed by atoms with E-state index in [4.69, 9.17) is 0 Å². The Labute approximate surface area is 151 Å². The van der Waals surface area contributed by atoms with E-state index in [9.17, 15) is 4.79 Å². The molecule has 0 fully saturated rings. The SMILES string of the molecule is Cc1ccc(CNC(=O)c2ccccc2CSC2=NCCS2)cc1. The number of hydrogen-bond donors (Lipinski definition) is 1. The third-order valence-corrected chi connectivity index (χ3v) is 6.05. The van der Waals surface area contributed by atoms with Crippen LogP contribution >= 0.6 is 23.5 Å². The molecule has 0 aliphatic carbocycles. The number of nitrogens with zero attached hydrogens (tertiary/aromatic N) is 1. The lowest BCUT2D eigenvalue weighted by atomic mass is 10.1. The minimum atomic E-state index is -0.0206. The molecule has 1 N–H and O–H groups in total. The molecule has 2 aromatic carbocycles. The molecule has 0 unspecified atom stereocenters. The van der Waals surface area contributed by atoms with Crippen molar-refractivity contribution in [1.82, 2.24) is 5.32 Å². The normalized spacial score (nSPS) is 13.6. The number of aliphatic imine (C=N–C) groups is 1. The van der Waals surface area contributed by atoms with E-state index in [-0.39, 0.29) is 5.91 Å². The van der Waals surface area contributed by atoms with Crippen molar-refractivity contribution in [3.63, 3.8) is 0 Å². The summed E-state index contributed by atoms with van der Waals surface area (Å²) in [4.78, 5) is 17.0. The number of amides is 1. The highest BCUT2D eigenvalue weighted by Gasteiger charge is 2.13. The Morgan fingerprint density at radius 3 is 2.75 bits per heavy atom. The van der Waals surface area contributed by atoms with E-state index in [0.717, 1.165) is 39.1 Å². The minimum absolute atomic E-state index is 0.0206. The first kappa shape index (κ1) is 17.1. The molecule has 0 spiro atoms. The summed E-state index contributed by atoms with van der Waals surface area (Å²) in [6, 6.07) is 16.0. The van der Waals surface area contributed by atoms with Crippen LogP contribution in [0.1, 0.15) is 27.0 Å². The molecule has 1 amide bonds. The summed E-state index contributed by atoms with van der Waals surface area (Å²) in [7, 11) is 0. The van der Waals surface area contributed by atoms with Gasteiger partial charge in [0.05, 0.1) is 6.54 Å². The molecular weight excluding hydrogens is 336 g/mol. The van der Waals surface area contributed by atoms with Crippen LogP contribution in [0, 0.1) is 6.92 Å². The molecule has 1 aliphatic rings. The maximum absolute atomic E-state index is 12.5. The fourth-order valence-electron chi connectivity index (χ4n) is 2.39. The topological polar surface area (TPSA) is 41.5 Å². The fraction of sp³-hybridized carbons (Fsp3) is 0.263. The van der Waals surface area contributed by atoms with Gasteiger partial charge in [0.2, 0.25) is 0 Å². The molecule has 24 heavy (non-hydrogen) atoms. The first-order valence-corrected chi connectivity index (χ1v) is 9.91. The molecule has 124 valence electrons. The number of carbonyl (C=O) groups is 1. The summed E-state index contributed by atoms with van der Waals surface area (Å²) in [6.07, 6.45) is 0. The van der Waals surface area contributed by atoms with Gasteiger partial charge in [-0.1, -0.05) is 71.6 Å². The first-order chi connectivity index (χ1) is 11.7. The molecular formula is C19H20N2OS2. The summed E-state index contributed by atoms with van der Waals surface area (Å²) in [5, 5.41) is 3.02. The van der Waals surface area contributed by atoms with Gasteiger partial charge in [0.15, 0.2) is 0 Å². The smallest absolute Gasteiger partial charge is 0.251 e. The molecule has 1 heterocycles. The summed E-state index contributed by atoms with van der Waals surface area (Å²) < 4.78 is 1.13. The van der Waals surface area contributed by atoms with Crippen molar-refractivity contribution in [2.75, 3.05) is 12.3 Å². The molecule has 0 aromatic heterocycles. The fourth-order valence-corrected chi connectivity index (χ4v) is 4.41. The predicted octanol–water partition coefficient (Wildman–Crippen LogP) is 4.26. The standard InChI is InChI=1S/C19H20N2OS2/c1-14-6-8-15(9-7-14)12-21-18(22)17-5-3-2-4-16(17)13-24-19-20-10-11-23-19/h2-9H,10-13H2,1H3,(H,21,22). The summed E-state index contributed by atoms with van der Waals surface area (Å²) in [5.74, 6) is 1.83. The number of nitrogens with one attached hydrogen (secondary N) is 1. The van der Waals surface area contributed by atoms with Crippen LogP contribution < -0.4 is 5.32 Å². The average molecular weight is 357 g/mol. The van der Waals surface area contributed by atoms with E-state index >= 15 is 0 Å². The second-order valence-corrected chi connectivity index (χ2v) is 7.92. The maximum atomic E-state index is 12.5. The van der Waals surface area contributed by atoms with Crippen molar-refractivity contribution in [3.05, 3.63) is 70.8 Å². The number of thioether (sulfide) groups is 2. The molecule has 0 saturated carbocycles. The highest BCUT2D eigenvalue weighted by molar-refractivity contribution is 8.38. The zero-order chi connectivity index (χ0) is 16.8. The van der Waals surface area contributed by atoms with Crippen molar-refractivity contribution in [2.45, 2.75) is 19.2 Å². The van der Waals surface area contributed by atoms with Gasteiger partial charge >= 0.3 is 0 Å². The second kappa shape index (κ2) is 8.40. The van der Waals surface area contributed by atoms with E-state index in [2.05, 4.69) is 29.4 Å². The molecule has 2 aromatic rings. The van der Waals surface area contributed by atoms with E-state index in [1.807, 2.05) is 36.4 Å². The lowest BCUT2D eigenvalue weighted by Gasteiger charge is -2.10. The Hall–Kier alpha value is -1.72. The number of benzene rings is 2. The average Bonchev–Trinajstić information content (AvgIpc) is 3.13. The molecule has 0 saturated heterocycles. The number of rotatable bonds is 5. The Bertz CT molecular complexity index is 741. The lowest BCUT2D eigenvalue weighted by Crippen LogP contribution is -2.23. The Morgan fingerprint density at radius 2 is 2.00 bits per heavy atom. The van der Waals surface area contributed by atoms with Gasteiger partial charge in [-0.15, -0.1) is 0 Å². The van der Waals surface area contributed by atoms with Crippen LogP contribution in [0.4, 0.5) is 0 Å². The van der Waals surface area contributed by atoms with Crippen LogP contribution in [0.2, 0.25) is 0 Å². The Morgan fingerprint density at radius 1 is 1.21 bits per heavy atom. The van der Waals surface area contributed by atoms with Crippen LogP contribution in [-0.4, -0.2) is 22.6 Å². The van der Waals surface area contributed by atoms with E-state index in [1.54, 1.807) is 23.5 Å². The largest absolute Gasteiger partial charge is 0.348 e. The van der Waals surface area contributed by atoms with Crippen molar-refractivity contribution < 1.29 is 4.79 Å². The van der Waals surface area contributed by atoms with Gasteiger partial charge in [0.25, 0.3) is 5.91 Å². The molecule has 5 heteroatoms. The number of carbonyl (C=O) groups excluding carboxylic acids is 1. The zero-order valence-electron chi connectivity index (χ0n) is 13.6. The zero-order valence-corrected chi connectivity index (χ0v) is 15.3. The second-order valence-electron chi connectivity index (χ2n) is 5.61. The van der Waals surface area contributed by atoms with Gasteiger partial charge in [0.1, 0.15) is 4.38 Å². The maximum Gasteiger partial charge on any atom is 0.251 e. The highest BCUT2D eigenvalue weighted by atomic mass is 32.2. The lowest BCUT2D eigenvalue weighted by molar-refractivity contribution is 0.0950. The number of hydrogen-bond acceptors (Lipinski definition) is 4. The van der Waals surface area contributed by atoms with Gasteiger partial charge in [-0.25, -0.2) is 0 Å². The molecule has 3 rings (SSSR count). The van der Waals surface area contributed by atoms with Crippen molar-refractivity contribution in [2.24, 2.45) is 4.99 Å². The molecule has 3 nitrogen and oxygen atoms in total. The van der Waals surface area contributed by atoms with Crippen molar-refractivity contribution in [3.8, 4) is 0 Å². The Kier molecular flexibility index (Phi) is 5.99. The third kappa shape index (κ3) is 4.65. The predicted molar refractivity (Wildman–Crippen MR) is 105 cm³/mol. The van der Waals surface area contributed by atoms with E-state index in [0.29, 0.717) is 6.54 Å². The Balaban J connectivity index is 1.62. The van der Waals surface area contributed by atoms with Crippen molar-refractivity contribution >= 4 is 33.8 Å². The van der Waals surface area contributed by atoms with E-state index < -0.39 is 0 Å². The summed E-state index contributed by atoms with van der Waals surface area (Å²) in [5.41, 5.74) is 4.14. The van der Waals surface area contributed by atoms with Crippen LogP contribution in [0.3, 0.4) is 0 Å². The van der Waals surface area contributed by atoms with Crippen molar-refractivity contribution in [1.29, 1.82) is 0 Å². The van der Waals surface area contributed by atoms with Gasteiger partial charge in [-0.05, 0) is 24.1 Å². The van der Waals surface area contributed by atoms with Crippen LogP contribution in [0.25, 0.3) is 0 Å². The quantitative estimate of drug-likeness (QED) is 0.870. The van der Waals surface area contributed by atoms with Crippen LogP contribution in [0.15, 0.2) is 53.5 Å². The minimum Gasteiger partial charge on any atom is -0.348 e.